The molecule has 0 atom stereocenters. The molecule has 0 bridgehead atoms. The number of hydrogen-bond acceptors (Lipinski definition) is 3. The van der Waals surface area contributed by atoms with Gasteiger partial charge in [0.2, 0.25) is 0 Å². The van der Waals surface area contributed by atoms with Crippen molar-refractivity contribution >= 4 is 11.5 Å². The van der Waals surface area contributed by atoms with Crippen LogP contribution in [0.25, 0.3) is 0 Å². The van der Waals surface area contributed by atoms with E-state index in [2.05, 4.69) is 0 Å². The zero-order valence-corrected chi connectivity index (χ0v) is 11.6. The minimum Gasteiger partial charge on any atom is -0.289 e. The number of ketones is 1. The summed E-state index contributed by atoms with van der Waals surface area (Å²) in [6, 6.07) is 10.1. The number of carbonyl (C=O) groups excluding carboxylic acids is 1. The first-order chi connectivity index (χ1) is 9.40. The fourth-order valence-electron chi connectivity index (χ4n) is 2.23. The second kappa shape index (κ2) is 5.25. The van der Waals surface area contributed by atoms with Crippen molar-refractivity contribution in [1.29, 1.82) is 0 Å². The molecule has 0 aromatic heterocycles. The molecule has 2 aromatic rings. The first kappa shape index (κ1) is 13.9. The van der Waals surface area contributed by atoms with Crippen LogP contribution in [0.2, 0.25) is 0 Å². The minimum atomic E-state index is -0.444. The molecule has 0 N–H and O–H groups in total. The second-order valence-corrected chi connectivity index (χ2v) is 4.91. The number of rotatable bonds is 3. The highest BCUT2D eigenvalue weighted by atomic mass is 16.6. The highest BCUT2D eigenvalue weighted by molar-refractivity contribution is 6.10. The number of nitrogens with zero attached hydrogens (tertiary/aromatic N) is 1. The molecule has 0 saturated carbocycles. The lowest BCUT2D eigenvalue weighted by Crippen LogP contribution is -2.05. The molecular weight excluding hydrogens is 254 g/mol. The number of nitro benzene ring substituents is 1. The average molecular weight is 269 g/mol. The Labute approximate surface area is 117 Å². The second-order valence-electron chi connectivity index (χ2n) is 4.91. The van der Waals surface area contributed by atoms with Crippen LogP contribution < -0.4 is 0 Å². The van der Waals surface area contributed by atoms with Crippen LogP contribution in [0.5, 0.6) is 0 Å². The Hall–Kier alpha value is -2.49. The summed E-state index contributed by atoms with van der Waals surface area (Å²) in [4.78, 5) is 22.8. The Bertz CT molecular complexity index is 705. The van der Waals surface area contributed by atoms with Gasteiger partial charge in [-0.2, -0.15) is 0 Å². The lowest BCUT2D eigenvalue weighted by Gasteiger charge is -2.07. The number of nitro groups is 1. The van der Waals surface area contributed by atoms with E-state index in [0.717, 1.165) is 11.1 Å². The quantitative estimate of drug-likeness (QED) is 0.484. The van der Waals surface area contributed by atoms with E-state index in [-0.39, 0.29) is 11.5 Å². The molecule has 20 heavy (non-hydrogen) atoms. The van der Waals surface area contributed by atoms with Crippen molar-refractivity contribution in [2.24, 2.45) is 0 Å². The van der Waals surface area contributed by atoms with Gasteiger partial charge in [0.25, 0.3) is 5.69 Å². The fraction of sp³-hybridized carbons (Fsp3) is 0.188. The van der Waals surface area contributed by atoms with Crippen LogP contribution >= 0.6 is 0 Å². The summed E-state index contributed by atoms with van der Waals surface area (Å²) in [5.41, 5.74) is 3.63. The van der Waals surface area contributed by atoms with Gasteiger partial charge in [-0.1, -0.05) is 23.8 Å². The number of hydrogen-bond donors (Lipinski definition) is 0. The smallest absolute Gasteiger partial charge is 0.272 e. The first-order valence-electron chi connectivity index (χ1n) is 6.27. The van der Waals surface area contributed by atoms with E-state index < -0.39 is 4.92 Å². The van der Waals surface area contributed by atoms with Crippen molar-refractivity contribution in [3.63, 3.8) is 0 Å². The van der Waals surface area contributed by atoms with E-state index in [9.17, 15) is 14.9 Å². The van der Waals surface area contributed by atoms with E-state index in [1.54, 1.807) is 19.1 Å². The topological polar surface area (TPSA) is 60.2 Å². The molecule has 0 amide bonds. The Balaban J connectivity index is 2.43. The third-order valence-electron chi connectivity index (χ3n) is 3.28. The van der Waals surface area contributed by atoms with Crippen LogP contribution in [0.1, 0.15) is 32.6 Å². The lowest BCUT2D eigenvalue weighted by atomic mass is 9.96. The van der Waals surface area contributed by atoms with E-state index >= 15 is 0 Å². The summed E-state index contributed by atoms with van der Waals surface area (Å²) in [6.45, 7) is 5.49. The summed E-state index contributed by atoms with van der Waals surface area (Å²) in [6.07, 6.45) is 0. The summed E-state index contributed by atoms with van der Waals surface area (Å²) in [5, 5.41) is 10.8. The molecule has 0 unspecified atom stereocenters. The van der Waals surface area contributed by atoms with Gasteiger partial charge in [0.1, 0.15) is 0 Å². The SMILES string of the molecule is Cc1ccc(C(=O)c2ccc([N+](=O)[O-])c(C)c2)c(C)c1. The Kier molecular flexibility index (Phi) is 3.66. The van der Waals surface area contributed by atoms with Crippen LogP contribution in [0.4, 0.5) is 5.69 Å². The summed E-state index contributed by atoms with van der Waals surface area (Å²) in [5.74, 6) is -0.111. The number of carbonyl (C=O) groups is 1. The minimum absolute atomic E-state index is 0.0298. The molecule has 0 aliphatic carbocycles. The van der Waals surface area contributed by atoms with E-state index in [1.165, 1.54) is 12.1 Å². The van der Waals surface area contributed by atoms with Crippen molar-refractivity contribution in [1.82, 2.24) is 0 Å². The molecule has 0 aliphatic rings. The third kappa shape index (κ3) is 2.59. The zero-order chi connectivity index (χ0) is 14.9. The maximum Gasteiger partial charge on any atom is 0.272 e. The van der Waals surface area contributed by atoms with E-state index in [0.29, 0.717) is 16.7 Å². The van der Waals surface area contributed by atoms with Crippen LogP contribution in [-0.2, 0) is 0 Å². The highest BCUT2D eigenvalue weighted by Crippen LogP contribution is 2.22. The van der Waals surface area contributed by atoms with Gasteiger partial charge in [0.15, 0.2) is 5.78 Å². The van der Waals surface area contributed by atoms with Crippen LogP contribution in [0.3, 0.4) is 0 Å². The normalized spacial score (nSPS) is 10.3. The Morgan fingerprint density at radius 2 is 1.70 bits per heavy atom. The molecule has 0 heterocycles. The van der Waals surface area contributed by atoms with E-state index in [4.69, 9.17) is 0 Å². The van der Waals surface area contributed by atoms with E-state index in [1.807, 2.05) is 26.0 Å². The molecule has 0 aliphatic heterocycles. The molecule has 0 radical (unpaired) electrons. The summed E-state index contributed by atoms with van der Waals surface area (Å²) >= 11 is 0. The molecule has 0 fully saturated rings. The van der Waals surface area contributed by atoms with Crippen molar-refractivity contribution in [3.8, 4) is 0 Å². The molecule has 2 aromatic carbocycles. The molecule has 0 saturated heterocycles. The van der Waals surface area contributed by atoms with Crippen molar-refractivity contribution < 1.29 is 9.72 Å². The van der Waals surface area contributed by atoms with Gasteiger partial charge in [0.05, 0.1) is 4.92 Å². The van der Waals surface area contributed by atoms with Gasteiger partial charge in [-0.05, 0) is 38.5 Å². The van der Waals surface area contributed by atoms with Crippen LogP contribution in [-0.4, -0.2) is 10.7 Å². The van der Waals surface area contributed by atoms with Gasteiger partial charge in [0, 0.05) is 22.8 Å². The van der Waals surface area contributed by atoms with Gasteiger partial charge in [-0.25, -0.2) is 0 Å². The number of benzene rings is 2. The predicted octanol–water partition coefficient (Wildman–Crippen LogP) is 3.75. The zero-order valence-electron chi connectivity index (χ0n) is 11.6. The van der Waals surface area contributed by atoms with Gasteiger partial charge >= 0.3 is 0 Å². The van der Waals surface area contributed by atoms with Crippen molar-refractivity contribution in [2.45, 2.75) is 20.8 Å². The van der Waals surface area contributed by atoms with Gasteiger partial charge < -0.3 is 0 Å². The molecular formula is C16H15NO3. The summed E-state index contributed by atoms with van der Waals surface area (Å²) < 4.78 is 0. The highest BCUT2D eigenvalue weighted by Gasteiger charge is 2.16. The van der Waals surface area contributed by atoms with Crippen molar-refractivity contribution in [3.05, 3.63) is 74.3 Å². The van der Waals surface area contributed by atoms with Gasteiger partial charge in [-0.15, -0.1) is 0 Å². The first-order valence-corrected chi connectivity index (χ1v) is 6.27. The molecule has 4 nitrogen and oxygen atoms in total. The molecule has 4 heteroatoms. The lowest BCUT2D eigenvalue weighted by molar-refractivity contribution is -0.385. The molecule has 2 rings (SSSR count). The third-order valence-corrected chi connectivity index (χ3v) is 3.28. The largest absolute Gasteiger partial charge is 0.289 e. The Morgan fingerprint density at radius 3 is 2.25 bits per heavy atom. The molecule has 0 spiro atoms. The average Bonchev–Trinajstić information content (AvgIpc) is 2.37. The predicted molar refractivity (Wildman–Crippen MR) is 77.2 cm³/mol. The standard InChI is InChI=1S/C16H15NO3/c1-10-4-6-14(11(2)8-10)16(18)13-5-7-15(17(19)20)12(3)9-13/h4-9H,1-3H3. The number of aryl methyl sites for hydroxylation is 3. The fourth-order valence-corrected chi connectivity index (χ4v) is 2.23. The summed E-state index contributed by atoms with van der Waals surface area (Å²) in [7, 11) is 0. The van der Waals surface area contributed by atoms with Crippen LogP contribution in [0, 0.1) is 30.9 Å². The Morgan fingerprint density at radius 1 is 1.00 bits per heavy atom. The monoisotopic (exact) mass is 269 g/mol. The van der Waals surface area contributed by atoms with Crippen molar-refractivity contribution in [2.75, 3.05) is 0 Å². The van der Waals surface area contributed by atoms with Gasteiger partial charge in [-0.3, -0.25) is 14.9 Å². The maximum atomic E-state index is 12.4. The van der Waals surface area contributed by atoms with Crippen LogP contribution in [0.15, 0.2) is 36.4 Å². The molecule has 102 valence electrons. The maximum absolute atomic E-state index is 12.4.